The maximum absolute atomic E-state index is 13.3. The Bertz CT molecular complexity index is 799. The summed E-state index contributed by atoms with van der Waals surface area (Å²) in [5.41, 5.74) is 5.34. The summed E-state index contributed by atoms with van der Waals surface area (Å²) >= 11 is 0. The smallest absolute Gasteiger partial charge is 0.388 e. The SMILES string of the molecule is CC(Nc1cc(-c2n[nH]c(=O)o2)ccc1C(F)(F)F)[C@@H]1CC[C@H](N)C1. The standard InChI is InChI=1S/C16H19F3N4O2/c1-8(9-2-4-11(20)6-9)21-13-7-10(14-22-23-15(24)25-14)3-5-12(13)16(17,18)19/h3,5,7-9,11,21H,2,4,6,20H2,1H3,(H,23,24)/t8?,9-,11+/m1/s1. The average Bonchev–Trinajstić information content (AvgIpc) is 3.14. The van der Waals surface area contributed by atoms with Gasteiger partial charge in [-0.05, 0) is 50.3 Å². The summed E-state index contributed by atoms with van der Waals surface area (Å²) in [5.74, 6) is -0.613. The van der Waals surface area contributed by atoms with Crippen LogP contribution in [0.1, 0.15) is 31.7 Å². The molecule has 1 saturated carbocycles. The molecule has 136 valence electrons. The number of aromatic nitrogens is 2. The molecule has 9 heteroatoms. The second-order valence-electron chi connectivity index (χ2n) is 6.44. The first-order valence-corrected chi connectivity index (χ1v) is 8.03. The zero-order chi connectivity index (χ0) is 18.2. The summed E-state index contributed by atoms with van der Waals surface area (Å²) in [5, 5.41) is 8.71. The molecule has 1 aromatic heterocycles. The topological polar surface area (TPSA) is 96.9 Å². The van der Waals surface area contributed by atoms with Crippen molar-refractivity contribution in [2.75, 3.05) is 5.32 Å². The Morgan fingerprint density at radius 1 is 1.40 bits per heavy atom. The second kappa shape index (κ2) is 6.55. The molecular weight excluding hydrogens is 337 g/mol. The van der Waals surface area contributed by atoms with Gasteiger partial charge in [0.2, 0.25) is 5.89 Å². The minimum absolute atomic E-state index is 0.0580. The fourth-order valence-electron chi connectivity index (χ4n) is 3.27. The van der Waals surface area contributed by atoms with Crippen LogP contribution in [0.2, 0.25) is 0 Å². The monoisotopic (exact) mass is 356 g/mol. The summed E-state index contributed by atoms with van der Waals surface area (Å²) in [6, 6.07) is 3.41. The van der Waals surface area contributed by atoms with Crippen LogP contribution in [0.3, 0.4) is 0 Å². The molecule has 0 aliphatic heterocycles. The fraction of sp³-hybridized carbons (Fsp3) is 0.500. The quantitative estimate of drug-likeness (QED) is 0.782. The van der Waals surface area contributed by atoms with Gasteiger partial charge >= 0.3 is 11.9 Å². The molecule has 0 radical (unpaired) electrons. The Labute approximate surface area is 141 Å². The van der Waals surface area contributed by atoms with E-state index in [1.807, 2.05) is 6.92 Å². The van der Waals surface area contributed by atoms with E-state index < -0.39 is 17.5 Å². The van der Waals surface area contributed by atoms with Crippen LogP contribution in [-0.4, -0.2) is 22.3 Å². The van der Waals surface area contributed by atoms with E-state index in [-0.39, 0.29) is 35.1 Å². The van der Waals surface area contributed by atoms with Gasteiger partial charge in [0, 0.05) is 23.3 Å². The number of halogens is 3. The van der Waals surface area contributed by atoms with Crippen LogP contribution >= 0.6 is 0 Å². The van der Waals surface area contributed by atoms with E-state index in [2.05, 4.69) is 15.5 Å². The molecular formula is C16H19F3N4O2. The van der Waals surface area contributed by atoms with E-state index in [9.17, 15) is 18.0 Å². The molecule has 1 unspecified atom stereocenters. The molecule has 0 spiro atoms. The number of H-pyrrole nitrogens is 1. The number of alkyl halides is 3. The van der Waals surface area contributed by atoms with Crippen LogP contribution in [0.5, 0.6) is 0 Å². The Balaban J connectivity index is 1.92. The molecule has 6 nitrogen and oxygen atoms in total. The van der Waals surface area contributed by atoms with E-state index >= 15 is 0 Å². The van der Waals surface area contributed by atoms with Crippen molar-refractivity contribution in [2.45, 2.75) is 44.4 Å². The van der Waals surface area contributed by atoms with Crippen molar-refractivity contribution in [1.82, 2.24) is 10.2 Å². The second-order valence-corrected chi connectivity index (χ2v) is 6.44. The molecule has 1 aromatic carbocycles. The first kappa shape index (κ1) is 17.5. The lowest BCUT2D eigenvalue weighted by Crippen LogP contribution is -2.27. The molecule has 2 aromatic rings. The minimum Gasteiger partial charge on any atom is -0.388 e. The molecule has 1 aliphatic rings. The zero-order valence-corrected chi connectivity index (χ0v) is 13.6. The number of benzene rings is 1. The van der Waals surface area contributed by atoms with E-state index in [0.29, 0.717) is 0 Å². The van der Waals surface area contributed by atoms with Crippen molar-refractivity contribution in [3.8, 4) is 11.5 Å². The maximum atomic E-state index is 13.3. The first-order chi connectivity index (χ1) is 11.7. The van der Waals surface area contributed by atoms with Gasteiger partial charge in [0.05, 0.1) is 5.56 Å². The number of anilines is 1. The molecule has 1 heterocycles. The van der Waals surface area contributed by atoms with Crippen molar-refractivity contribution in [1.29, 1.82) is 0 Å². The fourth-order valence-corrected chi connectivity index (χ4v) is 3.27. The third-order valence-electron chi connectivity index (χ3n) is 4.61. The third-order valence-corrected chi connectivity index (χ3v) is 4.61. The van der Waals surface area contributed by atoms with E-state index in [4.69, 9.17) is 10.2 Å². The van der Waals surface area contributed by atoms with Crippen LogP contribution in [0.15, 0.2) is 27.4 Å². The van der Waals surface area contributed by atoms with Crippen molar-refractivity contribution >= 4 is 5.69 Å². The highest BCUT2D eigenvalue weighted by Gasteiger charge is 2.35. The molecule has 25 heavy (non-hydrogen) atoms. The van der Waals surface area contributed by atoms with Crippen LogP contribution in [-0.2, 0) is 6.18 Å². The van der Waals surface area contributed by atoms with Gasteiger partial charge in [-0.1, -0.05) is 0 Å². The van der Waals surface area contributed by atoms with Gasteiger partial charge in [-0.3, -0.25) is 0 Å². The largest absolute Gasteiger partial charge is 0.434 e. The average molecular weight is 356 g/mol. The number of hydrogen-bond donors (Lipinski definition) is 3. The lowest BCUT2D eigenvalue weighted by molar-refractivity contribution is -0.137. The van der Waals surface area contributed by atoms with Crippen LogP contribution in [0, 0.1) is 5.92 Å². The highest BCUT2D eigenvalue weighted by atomic mass is 19.4. The van der Waals surface area contributed by atoms with Gasteiger partial charge in [0.25, 0.3) is 0 Å². The Morgan fingerprint density at radius 3 is 2.72 bits per heavy atom. The normalized spacial score (nSPS) is 22.1. The van der Waals surface area contributed by atoms with E-state index in [1.54, 1.807) is 0 Å². The first-order valence-electron chi connectivity index (χ1n) is 8.03. The van der Waals surface area contributed by atoms with Gasteiger partial charge in [-0.2, -0.15) is 13.2 Å². The lowest BCUT2D eigenvalue weighted by Gasteiger charge is -2.24. The van der Waals surface area contributed by atoms with E-state index in [0.717, 1.165) is 25.3 Å². The number of nitrogens with two attached hydrogens (primary N) is 1. The van der Waals surface area contributed by atoms with Crippen LogP contribution in [0.25, 0.3) is 11.5 Å². The summed E-state index contributed by atoms with van der Waals surface area (Å²) in [4.78, 5) is 11.1. The Hall–Kier alpha value is -2.29. The molecule has 1 fully saturated rings. The predicted molar refractivity (Wildman–Crippen MR) is 86.0 cm³/mol. The molecule has 0 bridgehead atoms. The van der Waals surface area contributed by atoms with Crippen molar-refractivity contribution in [2.24, 2.45) is 11.7 Å². The zero-order valence-electron chi connectivity index (χ0n) is 13.6. The minimum atomic E-state index is -4.50. The van der Waals surface area contributed by atoms with Gasteiger partial charge in [-0.25, -0.2) is 9.89 Å². The molecule has 0 saturated heterocycles. The molecule has 1 aliphatic carbocycles. The number of rotatable bonds is 4. The Morgan fingerprint density at radius 2 is 2.16 bits per heavy atom. The van der Waals surface area contributed by atoms with Crippen molar-refractivity contribution < 1.29 is 17.6 Å². The maximum Gasteiger partial charge on any atom is 0.434 e. The van der Waals surface area contributed by atoms with Crippen LogP contribution < -0.4 is 16.8 Å². The summed E-state index contributed by atoms with van der Waals surface area (Å²) in [7, 11) is 0. The van der Waals surface area contributed by atoms with Gasteiger partial charge in [0.1, 0.15) is 0 Å². The number of aromatic amines is 1. The molecule has 0 amide bonds. The Kier molecular flexibility index (Phi) is 4.59. The third kappa shape index (κ3) is 3.87. The summed E-state index contributed by atoms with van der Waals surface area (Å²) in [6.07, 6.45) is -1.96. The lowest BCUT2D eigenvalue weighted by atomic mass is 9.98. The number of nitrogens with one attached hydrogen (secondary N) is 2. The summed E-state index contributed by atoms with van der Waals surface area (Å²) in [6.45, 7) is 1.85. The van der Waals surface area contributed by atoms with Crippen molar-refractivity contribution in [3.63, 3.8) is 0 Å². The number of hydrogen-bond acceptors (Lipinski definition) is 5. The summed E-state index contributed by atoms with van der Waals surface area (Å²) < 4.78 is 44.8. The predicted octanol–water partition coefficient (Wildman–Crippen LogP) is 2.98. The van der Waals surface area contributed by atoms with Crippen molar-refractivity contribution in [3.05, 3.63) is 34.3 Å². The van der Waals surface area contributed by atoms with Gasteiger partial charge in [0.15, 0.2) is 0 Å². The highest BCUT2D eigenvalue weighted by molar-refractivity contribution is 5.65. The van der Waals surface area contributed by atoms with Gasteiger partial charge < -0.3 is 15.5 Å². The van der Waals surface area contributed by atoms with Gasteiger partial charge in [-0.15, -0.1) is 5.10 Å². The molecule has 3 atom stereocenters. The molecule has 3 rings (SSSR count). The van der Waals surface area contributed by atoms with E-state index in [1.165, 1.54) is 12.1 Å². The molecule has 4 N–H and O–H groups in total. The van der Waals surface area contributed by atoms with Crippen LogP contribution in [0.4, 0.5) is 18.9 Å². The number of nitrogens with zero attached hydrogens (tertiary/aromatic N) is 1. The highest BCUT2D eigenvalue weighted by Crippen LogP contribution is 2.38.